The third-order valence-electron chi connectivity index (χ3n) is 5.54. The first-order valence-electron chi connectivity index (χ1n) is 10.1. The Kier molecular flexibility index (Phi) is 6.06. The lowest BCUT2D eigenvalue weighted by Crippen LogP contribution is -2.32. The molecule has 4 heterocycles. The van der Waals surface area contributed by atoms with Crippen LogP contribution in [0.3, 0.4) is 0 Å². The van der Waals surface area contributed by atoms with Gasteiger partial charge in [0, 0.05) is 61.1 Å². The fraction of sp³-hybridized carbons (Fsp3) is 0.409. The van der Waals surface area contributed by atoms with Gasteiger partial charge in [0.15, 0.2) is 0 Å². The molecule has 29 heavy (non-hydrogen) atoms. The molecule has 1 aliphatic rings. The lowest BCUT2D eigenvalue weighted by molar-refractivity contribution is 0.0947. The number of aromatic nitrogens is 3. The number of carbonyl (C=O) groups is 1. The summed E-state index contributed by atoms with van der Waals surface area (Å²) >= 11 is 1.69. The molecule has 3 aromatic rings. The maximum Gasteiger partial charge on any atom is 0.252 e. The maximum absolute atomic E-state index is 12.7. The first kappa shape index (κ1) is 19.8. The minimum absolute atomic E-state index is 0.0275. The molecule has 1 N–H and O–H groups in total. The van der Waals surface area contributed by atoms with Gasteiger partial charge in [-0.15, -0.1) is 11.3 Å². The number of imidazole rings is 1. The van der Waals surface area contributed by atoms with Crippen molar-refractivity contribution in [3.63, 3.8) is 0 Å². The van der Waals surface area contributed by atoms with Gasteiger partial charge in [0.2, 0.25) is 0 Å². The zero-order valence-electron chi connectivity index (χ0n) is 17.0. The van der Waals surface area contributed by atoms with E-state index in [0.717, 1.165) is 43.7 Å². The zero-order chi connectivity index (χ0) is 20.2. The molecule has 0 saturated heterocycles. The molecule has 0 fully saturated rings. The highest BCUT2D eigenvalue weighted by atomic mass is 32.1. The summed E-state index contributed by atoms with van der Waals surface area (Å²) in [6, 6.07) is 4.47. The van der Waals surface area contributed by atoms with Crippen LogP contribution in [0.1, 0.15) is 51.9 Å². The standard InChI is InChI=1S/C22H27N5OS/c1-3-17-4-5-18(24-11-17)12-26-8-6-19-20(14-29-21(19)13-26)22(28)25-10-16(2)27-9-7-23-15-27/h4-5,7,9,11,14-16H,3,6,8,10,12-13H2,1-2H3,(H,25,28)/t16-/m0/s1. The molecular weight excluding hydrogens is 382 g/mol. The summed E-state index contributed by atoms with van der Waals surface area (Å²) in [4.78, 5) is 25.1. The highest BCUT2D eigenvalue weighted by molar-refractivity contribution is 7.10. The monoisotopic (exact) mass is 409 g/mol. The van der Waals surface area contributed by atoms with Crippen molar-refractivity contribution in [3.8, 4) is 0 Å². The quantitative estimate of drug-likeness (QED) is 0.649. The smallest absolute Gasteiger partial charge is 0.252 e. The number of nitrogens with zero attached hydrogens (tertiary/aromatic N) is 4. The third kappa shape index (κ3) is 4.57. The number of amides is 1. The summed E-state index contributed by atoms with van der Waals surface area (Å²) in [5.74, 6) is 0.0275. The summed E-state index contributed by atoms with van der Waals surface area (Å²) in [7, 11) is 0. The molecule has 0 spiro atoms. The molecule has 7 heteroatoms. The van der Waals surface area contributed by atoms with Crippen LogP contribution in [0.15, 0.2) is 42.4 Å². The predicted molar refractivity (Wildman–Crippen MR) is 115 cm³/mol. The molecule has 3 aromatic heterocycles. The Hall–Kier alpha value is -2.51. The molecule has 1 atom stereocenters. The maximum atomic E-state index is 12.7. The molecule has 0 saturated carbocycles. The lowest BCUT2D eigenvalue weighted by Gasteiger charge is -2.27. The van der Waals surface area contributed by atoms with Gasteiger partial charge in [0.25, 0.3) is 5.91 Å². The Morgan fingerprint density at radius 1 is 1.38 bits per heavy atom. The number of pyridine rings is 1. The Morgan fingerprint density at radius 2 is 2.28 bits per heavy atom. The molecule has 0 unspecified atom stereocenters. The van der Waals surface area contributed by atoms with Crippen molar-refractivity contribution < 1.29 is 4.79 Å². The molecule has 6 nitrogen and oxygen atoms in total. The number of thiophene rings is 1. The van der Waals surface area contributed by atoms with Crippen molar-refractivity contribution in [2.24, 2.45) is 0 Å². The molecule has 0 aliphatic carbocycles. The van der Waals surface area contributed by atoms with E-state index in [4.69, 9.17) is 0 Å². The Labute approximate surface area is 175 Å². The molecular formula is C22H27N5OS. The van der Waals surface area contributed by atoms with Crippen LogP contribution in [0, 0.1) is 0 Å². The van der Waals surface area contributed by atoms with E-state index in [-0.39, 0.29) is 11.9 Å². The topological polar surface area (TPSA) is 63.1 Å². The number of hydrogen-bond acceptors (Lipinski definition) is 5. The van der Waals surface area contributed by atoms with Crippen molar-refractivity contribution >= 4 is 17.2 Å². The van der Waals surface area contributed by atoms with E-state index in [2.05, 4.69) is 46.2 Å². The normalized spacial score (nSPS) is 15.1. The Balaban J connectivity index is 1.35. The molecule has 1 amide bonds. The van der Waals surface area contributed by atoms with Crippen LogP contribution in [0.5, 0.6) is 0 Å². The second-order valence-corrected chi connectivity index (χ2v) is 8.56. The second-order valence-electron chi connectivity index (χ2n) is 7.59. The van der Waals surface area contributed by atoms with E-state index in [0.29, 0.717) is 6.54 Å². The van der Waals surface area contributed by atoms with Crippen LogP contribution in [-0.4, -0.2) is 38.4 Å². The van der Waals surface area contributed by atoms with Crippen LogP contribution in [0.2, 0.25) is 0 Å². The highest BCUT2D eigenvalue weighted by Crippen LogP contribution is 2.29. The fourth-order valence-electron chi connectivity index (χ4n) is 3.66. The number of fused-ring (bicyclic) bond motifs is 1. The van der Waals surface area contributed by atoms with Gasteiger partial charge in [-0.25, -0.2) is 4.98 Å². The first-order valence-corrected chi connectivity index (χ1v) is 11.0. The van der Waals surface area contributed by atoms with Gasteiger partial charge in [0.05, 0.1) is 17.6 Å². The average molecular weight is 410 g/mol. The molecule has 0 aromatic carbocycles. The summed E-state index contributed by atoms with van der Waals surface area (Å²) in [5, 5.41) is 5.09. The predicted octanol–water partition coefficient (Wildman–Crippen LogP) is 3.45. The highest BCUT2D eigenvalue weighted by Gasteiger charge is 2.24. The Morgan fingerprint density at radius 3 is 3.00 bits per heavy atom. The molecule has 152 valence electrons. The van der Waals surface area contributed by atoms with E-state index >= 15 is 0 Å². The largest absolute Gasteiger partial charge is 0.350 e. The van der Waals surface area contributed by atoms with Crippen LogP contribution in [0.25, 0.3) is 0 Å². The summed E-state index contributed by atoms with van der Waals surface area (Å²) in [5.41, 5.74) is 4.43. The van der Waals surface area contributed by atoms with E-state index in [1.807, 2.05) is 22.3 Å². The molecule has 4 rings (SSSR count). The van der Waals surface area contributed by atoms with Crippen LogP contribution < -0.4 is 5.32 Å². The van der Waals surface area contributed by atoms with Gasteiger partial charge in [-0.05, 0) is 37.0 Å². The van der Waals surface area contributed by atoms with Crippen LogP contribution >= 0.6 is 11.3 Å². The fourth-order valence-corrected chi connectivity index (χ4v) is 4.79. The van der Waals surface area contributed by atoms with E-state index in [1.165, 1.54) is 16.0 Å². The number of hydrogen-bond donors (Lipinski definition) is 1. The Bertz CT molecular complexity index is 948. The van der Waals surface area contributed by atoms with Gasteiger partial charge in [-0.3, -0.25) is 14.7 Å². The van der Waals surface area contributed by atoms with E-state index in [9.17, 15) is 4.79 Å². The molecule has 1 aliphatic heterocycles. The zero-order valence-corrected chi connectivity index (χ0v) is 17.8. The van der Waals surface area contributed by atoms with Crippen molar-refractivity contribution in [2.75, 3.05) is 13.1 Å². The summed E-state index contributed by atoms with van der Waals surface area (Å²) in [6.07, 6.45) is 9.36. The third-order valence-corrected chi connectivity index (χ3v) is 6.56. The van der Waals surface area contributed by atoms with Crippen molar-refractivity contribution in [3.05, 3.63) is 69.7 Å². The van der Waals surface area contributed by atoms with Crippen molar-refractivity contribution in [2.45, 2.75) is 45.8 Å². The summed E-state index contributed by atoms with van der Waals surface area (Å²) < 4.78 is 2.00. The average Bonchev–Trinajstić information content (AvgIpc) is 3.42. The number of aryl methyl sites for hydroxylation is 1. The van der Waals surface area contributed by atoms with Crippen LogP contribution in [-0.2, 0) is 25.9 Å². The van der Waals surface area contributed by atoms with Crippen LogP contribution in [0.4, 0.5) is 0 Å². The van der Waals surface area contributed by atoms with Gasteiger partial charge >= 0.3 is 0 Å². The van der Waals surface area contributed by atoms with Crippen molar-refractivity contribution in [1.82, 2.24) is 24.8 Å². The van der Waals surface area contributed by atoms with Gasteiger partial charge in [-0.1, -0.05) is 13.0 Å². The lowest BCUT2D eigenvalue weighted by atomic mass is 10.0. The number of rotatable bonds is 7. The minimum Gasteiger partial charge on any atom is -0.350 e. The van der Waals surface area contributed by atoms with E-state index in [1.54, 1.807) is 23.9 Å². The van der Waals surface area contributed by atoms with Gasteiger partial charge in [0.1, 0.15) is 0 Å². The number of nitrogens with one attached hydrogen (secondary N) is 1. The molecule has 0 bridgehead atoms. The van der Waals surface area contributed by atoms with Gasteiger partial charge in [-0.2, -0.15) is 0 Å². The number of carbonyl (C=O) groups excluding carboxylic acids is 1. The second kappa shape index (κ2) is 8.88. The van der Waals surface area contributed by atoms with Gasteiger partial charge < -0.3 is 9.88 Å². The summed E-state index contributed by atoms with van der Waals surface area (Å²) in [6.45, 7) is 7.50. The first-order chi connectivity index (χ1) is 14.1. The van der Waals surface area contributed by atoms with Crippen molar-refractivity contribution in [1.29, 1.82) is 0 Å². The minimum atomic E-state index is 0.0275. The molecule has 0 radical (unpaired) electrons. The van der Waals surface area contributed by atoms with E-state index < -0.39 is 0 Å². The SMILES string of the molecule is CCc1ccc(CN2CCc3c(C(=O)NC[C@H](C)n4ccnc4)csc3C2)nc1.